The molecule has 0 amide bonds. The van der Waals surface area contributed by atoms with Gasteiger partial charge in [0.2, 0.25) is 0 Å². The molecule has 2 rings (SSSR count). The average molecular weight is 342 g/mol. The molecule has 0 spiro atoms. The first kappa shape index (κ1) is 14.2. The molecule has 0 aliphatic rings. The molecule has 0 saturated heterocycles. The lowest BCUT2D eigenvalue weighted by molar-refractivity contribution is -0.117. The van der Waals surface area contributed by atoms with Crippen LogP contribution in [0.25, 0.3) is 0 Å². The van der Waals surface area contributed by atoms with Crippen LogP contribution in [0, 0.1) is 5.82 Å². The molecule has 0 fully saturated rings. The smallest absolute Gasteiger partial charge is 0.145 e. The van der Waals surface area contributed by atoms with Gasteiger partial charge in [0.05, 0.1) is 5.02 Å². The molecule has 0 heterocycles. The van der Waals surface area contributed by atoms with Crippen molar-refractivity contribution in [1.82, 2.24) is 0 Å². The minimum Gasteiger partial charge on any atom is -0.299 e. The fraction of sp³-hybridized carbons (Fsp3) is 0.133. The fourth-order valence-electron chi connectivity index (χ4n) is 1.81. The number of carbonyl (C=O) groups excluding carboxylic acids is 1. The molecule has 0 aliphatic carbocycles. The van der Waals surface area contributed by atoms with E-state index in [1.54, 1.807) is 12.1 Å². The number of benzene rings is 2. The van der Waals surface area contributed by atoms with Gasteiger partial charge < -0.3 is 0 Å². The Bertz CT molecular complexity index is 613. The lowest BCUT2D eigenvalue weighted by atomic mass is 10.0. The fourth-order valence-corrected chi connectivity index (χ4v) is 2.43. The zero-order chi connectivity index (χ0) is 13.8. The van der Waals surface area contributed by atoms with Crippen molar-refractivity contribution in [3.05, 3.63) is 68.9 Å². The standard InChI is InChI=1S/C15H11BrClFO/c16-13-6-2-1-4-10(13)8-12(19)9-11-5-3-7-14(17)15(11)18/h1-7H,8-9H2. The lowest BCUT2D eigenvalue weighted by Crippen LogP contribution is -2.08. The molecule has 4 heteroatoms. The van der Waals surface area contributed by atoms with E-state index in [0.29, 0.717) is 5.56 Å². The molecule has 19 heavy (non-hydrogen) atoms. The van der Waals surface area contributed by atoms with Gasteiger partial charge in [-0.1, -0.05) is 57.9 Å². The predicted molar refractivity (Wildman–Crippen MR) is 78.0 cm³/mol. The number of ketones is 1. The first-order valence-electron chi connectivity index (χ1n) is 5.76. The number of hydrogen-bond acceptors (Lipinski definition) is 1. The summed E-state index contributed by atoms with van der Waals surface area (Å²) >= 11 is 9.08. The Morgan fingerprint density at radius 3 is 2.42 bits per heavy atom. The van der Waals surface area contributed by atoms with Gasteiger partial charge >= 0.3 is 0 Å². The highest BCUT2D eigenvalue weighted by molar-refractivity contribution is 9.10. The summed E-state index contributed by atoms with van der Waals surface area (Å²) in [5.74, 6) is -0.558. The monoisotopic (exact) mass is 340 g/mol. The van der Waals surface area contributed by atoms with Crippen molar-refractivity contribution in [3.63, 3.8) is 0 Å². The topological polar surface area (TPSA) is 17.1 Å². The van der Waals surface area contributed by atoms with Crippen molar-refractivity contribution in [3.8, 4) is 0 Å². The summed E-state index contributed by atoms with van der Waals surface area (Å²) in [6.45, 7) is 0. The molecular weight excluding hydrogens is 331 g/mol. The summed E-state index contributed by atoms with van der Waals surface area (Å²) in [6.07, 6.45) is 0.321. The van der Waals surface area contributed by atoms with Gasteiger partial charge in [0.25, 0.3) is 0 Å². The quantitative estimate of drug-likeness (QED) is 0.794. The Morgan fingerprint density at radius 2 is 1.68 bits per heavy atom. The van der Waals surface area contributed by atoms with Crippen LogP contribution in [0.5, 0.6) is 0 Å². The molecule has 0 aromatic heterocycles. The second-order valence-corrected chi connectivity index (χ2v) is 5.46. The molecule has 0 aliphatic heterocycles. The third-order valence-electron chi connectivity index (χ3n) is 2.76. The molecule has 0 saturated carbocycles. The van der Waals surface area contributed by atoms with E-state index in [1.807, 2.05) is 24.3 Å². The summed E-state index contributed by atoms with van der Waals surface area (Å²) in [6, 6.07) is 12.2. The minimum atomic E-state index is -0.510. The Labute approximate surface area is 124 Å². The van der Waals surface area contributed by atoms with Gasteiger partial charge in [0.15, 0.2) is 0 Å². The Hall–Kier alpha value is -1.19. The molecule has 2 aromatic carbocycles. The summed E-state index contributed by atoms with van der Waals surface area (Å²) in [5, 5.41) is 0.0474. The van der Waals surface area contributed by atoms with E-state index in [4.69, 9.17) is 11.6 Å². The van der Waals surface area contributed by atoms with Gasteiger partial charge in [-0.05, 0) is 23.3 Å². The highest BCUT2D eigenvalue weighted by Gasteiger charge is 2.12. The second kappa shape index (κ2) is 6.31. The zero-order valence-corrected chi connectivity index (χ0v) is 12.3. The molecule has 0 N–H and O–H groups in total. The van der Waals surface area contributed by atoms with Crippen LogP contribution in [0.15, 0.2) is 46.9 Å². The van der Waals surface area contributed by atoms with E-state index in [1.165, 1.54) is 6.07 Å². The number of hydrogen-bond donors (Lipinski definition) is 0. The first-order chi connectivity index (χ1) is 9.08. The number of Topliss-reactive ketones (excluding diaryl/α,β-unsaturated/α-hetero) is 1. The summed E-state index contributed by atoms with van der Waals surface area (Å²) < 4.78 is 14.6. The highest BCUT2D eigenvalue weighted by atomic mass is 79.9. The van der Waals surface area contributed by atoms with Gasteiger partial charge in [-0.2, -0.15) is 0 Å². The SMILES string of the molecule is O=C(Cc1ccccc1Br)Cc1cccc(Cl)c1F. The van der Waals surface area contributed by atoms with Gasteiger partial charge in [0.1, 0.15) is 11.6 Å². The summed E-state index contributed by atoms with van der Waals surface area (Å²) in [5.41, 5.74) is 1.24. The van der Waals surface area contributed by atoms with Crippen LogP contribution in [-0.2, 0) is 17.6 Å². The molecule has 0 bridgehead atoms. The van der Waals surface area contributed by atoms with Gasteiger partial charge in [-0.3, -0.25) is 4.79 Å². The minimum absolute atomic E-state index is 0.0474. The van der Waals surface area contributed by atoms with Crippen LogP contribution in [0.3, 0.4) is 0 Å². The van der Waals surface area contributed by atoms with Crippen LogP contribution >= 0.6 is 27.5 Å². The van der Waals surface area contributed by atoms with Crippen molar-refractivity contribution in [2.75, 3.05) is 0 Å². The third kappa shape index (κ3) is 3.64. The second-order valence-electron chi connectivity index (χ2n) is 4.20. The zero-order valence-electron chi connectivity index (χ0n) is 10.00. The van der Waals surface area contributed by atoms with E-state index in [2.05, 4.69) is 15.9 Å². The molecule has 0 unspecified atom stereocenters. The van der Waals surface area contributed by atoms with Crippen LogP contribution in [-0.4, -0.2) is 5.78 Å². The number of carbonyl (C=O) groups is 1. The maximum Gasteiger partial charge on any atom is 0.145 e. The maximum atomic E-state index is 13.7. The average Bonchev–Trinajstić information content (AvgIpc) is 2.38. The maximum absolute atomic E-state index is 13.7. The highest BCUT2D eigenvalue weighted by Crippen LogP contribution is 2.20. The van der Waals surface area contributed by atoms with Crippen LogP contribution in [0.2, 0.25) is 5.02 Å². The third-order valence-corrected chi connectivity index (χ3v) is 3.83. The molecule has 0 atom stereocenters. The van der Waals surface area contributed by atoms with Crippen molar-refractivity contribution in [1.29, 1.82) is 0 Å². The Kier molecular flexibility index (Phi) is 4.72. The summed E-state index contributed by atoms with van der Waals surface area (Å²) in [4.78, 5) is 12.0. The predicted octanol–water partition coefficient (Wildman–Crippen LogP) is 4.60. The van der Waals surface area contributed by atoms with E-state index in [-0.39, 0.29) is 23.6 Å². The van der Waals surface area contributed by atoms with Crippen LogP contribution < -0.4 is 0 Å². The largest absolute Gasteiger partial charge is 0.299 e. The van der Waals surface area contributed by atoms with E-state index < -0.39 is 5.82 Å². The number of halogens is 3. The van der Waals surface area contributed by atoms with Gasteiger partial charge in [-0.15, -0.1) is 0 Å². The van der Waals surface area contributed by atoms with E-state index >= 15 is 0 Å². The Morgan fingerprint density at radius 1 is 1.05 bits per heavy atom. The van der Waals surface area contributed by atoms with Crippen molar-refractivity contribution < 1.29 is 9.18 Å². The molecular formula is C15H11BrClFO. The first-order valence-corrected chi connectivity index (χ1v) is 6.93. The van der Waals surface area contributed by atoms with E-state index in [9.17, 15) is 9.18 Å². The molecule has 98 valence electrons. The van der Waals surface area contributed by atoms with Gasteiger partial charge in [-0.25, -0.2) is 4.39 Å². The van der Waals surface area contributed by atoms with Gasteiger partial charge in [0, 0.05) is 17.3 Å². The van der Waals surface area contributed by atoms with Crippen LogP contribution in [0.1, 0.15) is 11.1 Å². The van der Waals surface area contributed by atoms with Crippen LogP contribution in [0.4, 0.5) is 4.39 Å². The molecule has 0 radical (unpaired) electrons. The normalized spacial score (nSPS) is 10.5. The Balaban J connectivity index is 2.10. The molecule has 1 nitrogen and oxygen atoms in total. The molecule has 2 aromatic rings. The van der Waals surface area contributed by atoms with Crippen molar-refractivity contribution >= 4 is 33.3 Å². The lowest BCUT2D eigenvalue weighted by Gasteiger charge is -2.05. The van der Waals surface area contributed by atoms with E-state index in [0.717, 1.165) is 10.0 Å². The number of rotatable bonds is 4. The van der Waals surface area contributed by atoms with Crippen molar-refractivity contribution in [2.24, 2.45) is 0 Å². The van der Waals surface area contributed by atoms with Crippen molar-refractivity contribution in [2.45, 2.75) is 12.8 Å². The summed E-state index contributed by atoms with van der Waals surface area (Å²) in [7, 11) is 0.